The molecular weight excluding hydrogens is 256 g/mol. The minimum absolute atomic E-state index is 0.0926. The van der Waals surface area contributed by atoms with Crippen molar-refractivity contribution in [2.45, 2.75) is 33.1 Å². The molecule has 2 aliphatic rings. The van der Waals surface area contributed by atoms with Crippen LogP contribution >= 0.6 is 0 Å². The molecule has 0 heterocycles. The van der Waals surface area contributed by atoms with E-state index in [0.29, 0.717) is 5.41 Å². The van der Waals surface area contributed by atoms with Gasteiger partial charge in [-0.05, 0) is 62.5 Å². The second-order valence-electron chi connectivity index (χ2n) is 6.20. The molecule has 0 aromatic rings. The Bertz CT molecular complexity index is 602. The van der Waals surface area contributed by atoms with Crippen molar-refractivity contribution in [3.8, 4) is 12.3 Å². The Hall–Kier alpha value is -2.01. The van der Waals surface area contributed by atoms with E-state index >= 15 is 0 Å². The highest BCUT2D eigenvalue weighted by atomic mass is 15.0. The number of hydrogen-bond donors (Lipinski definition) is 1. The van der Waals surface area contributed by atoms with E-state index in [4.69, 9.17) is 6.42 Å². The van der Waals surface area contributed by atoms with Crippen LogP contribution in [0.15, 0.2) is 52.3 Å². The van der Waals surface area contributed by atoms with E-state index in [0.717, 1.165) is 23.4 Å². The van der Waals surface area contributed by atoms with Crippen molar-refractivity contribution in [2.24, 2.45) is 15.8 Å². The molecule has 110 valence electrons. The SMILES string of the molecule is C#CC1(/C(C=C)=C/C(/C=C(\N=C)NC)=C(C)C)CC12CC2. The fraction of sp³-hybridized carbons (Fsp3) is 0.421. The molecule has 2 saturated carbocycles. The topological polar surface area (TPSA) is 24.4 Å². The van der Waals surface area contributed by atoms with Gasteiger partial charge >= 0.3 is 0 Å². The average molecular weight is 280 g/mol. The summed E-state index contributed by atoms with van der Waals surface area (Å²) >= 11 is 0. The first-order valence-corrected chi connectivity index (χ1v) is 7.34. The van der Waals surface area contributed by atoms with E-state index < -0.39 is 0 Å². The number of allylic oxidation sites excluding steroid dienone is 6. The number of nitrogens with one attached hydrogen (secondary N) is 1. The number of hydrogen-bond acceptors (Lipinski definition) is 2. The molecule has 0 radical (unpaired) electrons. The molecule has 2 aliphatic carbocycles. The zero-order valence-electron chi connectivity index (χ0n) is 13.3. The first-order chi connectivity index (χ1) is 9.98. The molecule has 0 bridgehead atoms. The van der Waals surface area contributed by atoms with Crippen LogP contribution in [0.2, 0.25) is 0 Å². The Morgan fingerprint density at radius 2 is 2.00 bits per heavy atom. The number of terminal acetylenes is 1. The molecule has 2 nitrogen and oxygen atoms in total. The summed E-state index contributed by atoms with van der Waals surface area (Å²) in [5.41, 5.74) is 3.77. The summed E-state index contributed by atoms with van der Waals surface area (Å²) in [5, 5.41) is 3.03. The lowest BCUT2D eigenvalue weighted by molar-refractivity contribution is 0.692. The van der Waals surface area contributed by atoms with Crippen molar-refractivity contribution in [2.75, 3.05) is 7.05 Å². The molecule has 2 heteroatoms. The quantitative estimate of drug-likeness (QED) is 0.444. The van der Waals surface area contributed by atoms with Crippen LogP contribution in [0.5, 0.6) is 0 Å². The minimum Gasteiger partial charge on any atom is -0.373 e. The van der Waals surface area contributed by atoms with Gasteiger partial charge in [-0.15, -0.1) is 6.42 Å². The highest BCUT2D eigenvalue weighted by Crippen LogP contribution is 2.81. The van der Waals surface area contributed by atoms with Crippen LogP contribution in [0.25, 0.3) is 0 Å². The molecule has 1 spiro atoms. The Morgan fingerprint density at radius 1 is 1.33 bits per heavy atom. The second-order valence-corrected chi connectivity index (χ2v) is 6.20. The fourth-order valence-electron chi connectivity index (χ4n) is 3.11. The van der Waals surface area contributed by atoms with Gasteiger partial charge in [0.2, 0.25) is 0 Å². The van der Waals surface area contributed by atoms with Crippen LogP contribution in [0.4, 0.5) is 0 Å². The largest absolute Gasteiger partial charge is 0.373 e. The molecule has 0 aliphatic heterocycles. The first kappa shape index (κ1) is 15.4. The van der Waals surface area contributed by atoms with Crippen molar-refractivity contribution in [3.63, 3.8) is 0 Å². The zero-order chi connectivity index (χ0) is 15.7. The summed E-state index contributed by atoms with van der Waals surface area (Å²) in [6.45, 7) is 11.7. The van der Waals surface area contributed by atoms with Crippen molar-refractivity contribution in [1.29, 1.82) is 0 Å². The minimum atomic E-state index is -0.0926. The van der Waals surface area contributed by atoms with Crippen molar-refractivity contribution >= 4 is 6.72 Å². The summed E-state index contributed by atoms with van der Waals surface area (Å²) in [5.74, 6) is 3.80. The van der Waals surface area contributed by atoms with Gasteiger partial charge in [0.05, 0.1) is 5.41 Å². The van der Waals surface area contributed by atoms with Gasteiger partial charge in [0.15, 0.2) is 0 Å². The molecule has 2 rings (SSSR count). The number of rotatable bonds is 6. The normalized spacial score (nSPS) is 25.8. The summed E-state index contributed by atoms with van der Waals surface area (Å²) < 4.78 is 0. The third-order valence-electron chi connectivity index (χ3n) is 4.80. The lowest BCUT2D eigenvalue weighted by Gasteiger charge is -2.13. The average Bonchev–Trinajstić information content (AvgIpc) is 3.38. The summed E-state index contributed by atoms with van der Waals surface area (Å²) in [6, 6.07) is 0. The van der Waals surface area contributed by atoms with Crippen LogP contribution in [-0.4, -0.2) is 13.8 Å². The molecule has 0 aromatic carbocycles. The van der Waals surface area contributed by atoms with Gasteiger partial charge in [0, 0.05) is 7.05 Å². The summed E-state index contributed by atoms with van der Waals surface area (Å²) in [6.07, 6.45) is 15.5. The Labute approximate surface area is 128 Å². The van der Waals surface area contributed by atoms with Crippen LogP contribution < -0.4 is 5.32 Å². The molecule has 1 unspecified atom stereocenters. The van der Waals surface area contributed by atoms with E-state index in [9.17, 15) is 0 Å². The maximum atomic E-state index is 5.86. The van der Waals surface area contributed by atoms with Gasteiger partial charge in [0.25, 0.3) is 0 Å². The molecule has 0 saturated heterocycles. The predicted octanol–water partition coefficient (Wildman–Crippen LogP) is 4.00. The zero-order valence-corrected chi connectivity index (χ0v) is 13.3. The summed E-state index contributed by atoms with van der Waals surface area (Å²) in [4.78, 5) is 3.97. The van der Waals surface area contributed by atoms with Gasteiger partial charge in [-0.25, -0.2) is 4.99 Å². The lowest BCUT2D eigenvalue weighted by Crippen LogP contribution is -2.06. The molecule has 2 fully saturated rings. The highest BCUT2D eigenvalue weighted by molar-refractivity contribution is 5.53. The fourth-order valence-corrected chi connectivity index (χ4v) is 3.11. The van der Waals surface area contributed by atoms with E-state index in [1.54, 1.807) is 0 Å². The van der Waals surface area contributed by atoms with Crippen LogP contribution in [-0.2, 0) is 0 Å². The van der Waals surface area contributed by atoms with Gasteiger partial charge in [-0.3, -0.25) is 0 Å². The van der Waals surface area contributed by atoms with E-state index in [-0.39, 0.29) is 5.41 Å². The first-order valence-electron chi connectivity index (χ1n) is 7.34. The molecule has 0 amide bonds. The third-order valence-corrected chi connectivity index (χ3v) is 4.80. The lowest BCUT2D eigenvalue weighted by atomic mass is 9.90. The van der Waals surface area contributed by atoms with Crippen LogP contribution in [0.1, 0.15) is 33.1 Å². The Balaban J connectivity index is 2.41. The van der Waals surface area contributed by atoms with Crippen LogP contribution in [0, 0.1) is 23.2 Å². The number of nitrogens with zero attached hydrogens (tertiary/aromatic N) is 1. The van der Waals surface area contributed by atoms with Gasteiger partial charge in [0.1, 0.15) is 5.82 Å². The van der Waals surface area contributed by atoms with Gasteiger partial charge < -0.3 is 5.32 Å². The second kappa shape index (κ2) is 5.41. The molecule has 0 aromatic heterocycles. The maximum absolute atomic E-state index is 5.86. The smallest absolute Gasteiger partial charge is 0.125 e. The van der Waals surface area contributed by atoms with E-state index in [1.165, 1.54) is 18.4 Å². The third kappa shape index (κ3) is 2.49. The monoisotopic (exact) mass is 280 g/mol. The van der Waals surface area contributed by atoms with Crippen molar-refractivity contribution in [1.82, 2.24) is 5.32 Å². The van der Waals surface area contributed by atoms with Crippen molar-refractivity contribution < 1.29 is 0 Å². The van der Waals surface area contributed by atoms with Crippen LogP contribution in [0.3, 0.4) is 0 Å². The standard InChI is InChI=1S/C19H24N2/c1-7-16(19(8-2)13-18(19)9-10-18)11-15(14(3)4)12-17(20-5)21-6/h2,7,11-12,21H,1,5,9-10,13H2,3-4,6H3/b16-11+,17-12+. The van der Waals surface area contributed by atoms with E-state index in [1.807, 2.05) is 19.2 Å². The van der Waals surface area contributed by atoms with E-state index in [2.05, 4.69) is 49.4 Å². The molecule has 1 atom stereocenters. The summed E-state index contributed by atoms with van der Waals surface area (Å²) in [7, 11) is 1.84. The number of aliphatic imine (C=N–C) groups is 1. The predicted molar refractivity (Wildman–Crippen MR) is 90.9 cm³/mol. The van der Waals surface area contributed by atoms with Gasteiger partial charge in [-0.2, -0.15) is 0 Å². The Kier molecular flexibility index (Phi) is 3.96. The van der Waals surface area contributed by atoms with Gasteiger partial charge in [-0.1, -0.05) is 30.2 Å². The highest BCUT2D eigenvalue weighted by Gasteiger charge is 2.74. The molecule has 21 heavy (non-hydrogen) atoms. The van der Waals surface area contributed by atoms with Crippen molar-refractivity contribution in [3.05, 3.63) is 47.3 Å². The Morgan fingerprint density at radius 3 is 2.33 bits per heavy atom. The maximum Gasteiger partial charge on any atom is 0.125 e. The molecule has 1 N–H and O–H groups in total. The molecular formula is C19H24N2.